The van der Waals surface area contributed by atoms with Crippen LogP contribution in [0.3, 0.4) is 0 Å². The van der Waals surface area contributed by atoms with Crippen LogP contribution >= 0.6 is 0 Å². The minimum absolute atomic E-state index is 0.0196. The van der Waals surface area contributed by atoms with Crippen LogP contribution in [0.4, 0.5) is 4.79 Å². The van der Waals surface area contributed by atoms with Crippen LogP contribution in [-0.2, 0) is 9.53 Å². The summed E-state index contributed by atoms with van der Waals surface area (Å²) in [7, 11) is 1.40. The third kappa shape index (κ3) is 4.69. The molecule has 0 aliphatic carbocycles. The molecule has 0 aromatic rings. The lowest BCUT2D eigenvalue weighted by Crippen LogP contribution is -2.54. The highest BCUT2D eigenvalue weighted by atomic mass is 16.5. The zero-order valence-electron chi connectivity index (χ0n) is 13.4. The van der Waals surface area contributed by atoms with E-state index in [1.807, 2.05) is 20.8 Å². The van der Waals surface area contributed by atoms with Crippen molar-refractivity contribution in [2.75, 3.05) is 20.2 Å². The number of nitrogens with zero attached hydrogens (tertiary/aromatic N) is 1. The third-order valence-corrected chi connectivity index (χ3v) is 3.68. The van der Waals surface area contributed by atoms with Gasteiger partial charge in [0.1, 0.15) is 0 Å². The number of amides is 2. The molecule has 116 valence electrons. The summed E-state index contributed by atoms with van der Waals surface area (Å²) in [5.41, 5.74) is -0.409. The number of nitrogens with one attached hydrogen (secondary N) is 1. The summed E-state index contributed by atoms with van der Waals surface area (Å²) in [5, 5.41) is 3.07. The second-order valence-electron chi connectivity index (χ2n) is 6.69. The molecule has 5 heteroatoms. The molecule has 0 spiro atoms. The Balaban J connectivity index is 2.69. The molecular formula is C15H28N2O3. The van der Waals surface area contributed by atoms with Gasteiger partial charge in [0.15, 0.2) is 0 Å². The predicted molar refractivity (Wildman–Crippen MR) is 78.4 cm³/mol. The van der Waals surface area contributed by atoms with Crippen molar-refractivity contribution in [1.82, 2.24) is 10.2 Å². The second-order valence-corrected chi connectivity index (χ2v) is 6.69. The smallest absolute Gasteiger partial charge is 0.409 e. The van der Waals surface area contributed by atoms with Gasteiger partial charge in [0.05, 0.1) is 7.11 Å². The lowest BCUT2D eigenvalue weighted by atomic mass is 9.89. The molecule has 1 heterocycles. The summed E-state index contributed by atoms with van der Waals surface area (Å²) < 4.78 is 4.81. The van der Waals surface area contributed by atoms with Crippen LogP contribution in [0.1, 0.15) is 47.0 Å². The molecule has 0 saturated carbocycles. The van der Waals surface area contributed by atoms with Crippen molar-refractivity contribution in [3.63, 3.8) is 0 Å². The molecule has 2 unspecified atom stereocenters. The van der Waals surface area contributed by atoms with Crippen molar-refractivity contribution in [3.8, 4) is 0 Å². The molecule has 0 radical (unpaired) electrons. The molecule has 20 heavy (non-hydrogen) atoms. The van der Waals surface area contributed by atoms with Crippen molar-refractivity contribution >= 4 is 12.0 Å². The molecule has 5 nitrogen and oxygen atoms in total. The standard InChI is InChI=1S/C15H28N2O3/c1-6-7-11-8-12(16-13(18)15(2,3)4)10-17(9-11)14(19)20-5/h11-12H,6-10H2,1-5H3,(H,16,18). The van der Waals surface area contributed by atoms with E-state index in [-0.39, 0.29) is 18.0 Å². The number of likely N-dealkylation sites (tertiary alicyclic amines) is 1. The van der Waals surface area contributed by atoms with Crippen molar-refractivity contribution < 1.29 is 14.3 Å². The van der Waals surface area contributed by atoms with Crippen molar-refractivity contribution in [2.24, 2.45) is 11.3 Å². The van der Waals surface area contributed by atoms with Gasteiger partial charge in [-0.15, -0.1) is 0 Å². The molecule has 0 bridgehead atoms. The van der Waals surface area contributed by atoms with Crippen molar-refractivity contribution in [3.05, 3.63) is 0 Å². The van der Waals surface area contributed by atoms with Gasteiger partial charge in [-0.1, -0.05) is 34.1 Å². The summed E-state index contributed by atoms with van der Waals surface area (Å²) >= 11 is 0. The Morgan fingerprint density at radius 1 is 1.30 bits per heavy atom. The fourth-order valence-electron chi connectivity index (χ4n) is 2.61. The number of piperidine rings is 1. The fourth-order valence-corrected chi connectivity index (χ4v) is 2.61. The molecule has 0 aromatic carbocycles. The van der Waals surface area contributed by atoms with E-state index in [0.717, 1.165) is 25.8 Å². The first-order chi connectivity index (χ1) is 9.27. The van der Waals surface area contributed by atoms with Gasteiger partial charge in [0, 0.05) is 24.5 Å². The van der Waals surface area contributed by atoms with Crippen LogP contribution < -0.4 is 5.32 Å². The number of carbonyl (C=O) groups excluding carboxylic acids is 2. The summed E-state index contributed by atoms with van der Waals surface area (Å²) in [6.07, 6.45) is 2.78. The molecule has 1 aliphatic rings. The van der Waals surface area contributed by atoms with Gasteiger partial charge in [-0.2, -0.15) is 0 Å². The SMILES string of the molecule is CCCC1CC(NC(=O)C(C)(C)C)CN(C(=O)OC)C1. The van der Waals surface area contributed by atoms with E-state index in [0.29, 0.717) is 12.5 Å². The number of hydrogen-bond donors (Lipinski definition) is 1. The number of methoxy groups -OCH3 is 1. The van der Waals surface area contributed by atoms with Crippen LogP contribution in [0.15, 0.2) is 0 Å². The van der Waals surface area contributed by atoms with Gasteiger partial charge >= 0.3 is 6.09 Å². The van der Waals surface area contributed by atoms with Crippen LogP contribution in [-0.4, -0.2) is 43.1 Å². The molecule has 1 rings (SSSR count). The van der Waals surface area contributed by atoms with E-state index in [2.05, 4.69) is 12.2 Å². The van der Waals surface area contributed by atoms with Crippen molar-refractivity contribution in [2.45, 2.75) is 53.0 Å². The molecule has 2 atom stereocenters. The van der Waals surface area contributed by atoms with Crippen LogP contribution in [0, 0.1) is 11.3 Å². The zero-order chi connectivity index (χ0) is 15.3. The molecule has 1 aliphatic heterocycles. The van der Waals surface area contributed by atoms with Gasteiger partial charge in [-0.05, 0) is 18.8 Å². The highest BCUT2D eigenvalue weighted by Crippen LogP contribution is 2.23. The molecule has 1 saturated heterocycles. The summed E-state index contributed by atoms with van der Waals surface area (Å²) in [6, 6.07) is 0.0196. The summed E-state index contributed by atoms with van der Waals surface area (Å²) in [4.78, 5) is 25.5. The maximum absolute atomic E-state index is 12.1. The molecule has 0 aromatic heterocycles. The second kappa shape index (κ2) is 6.95. The van der Waals surface area contributed by atoms with E-state index >= 15 is 0 Å². The molecule has 1 N–H and O–H groups in total. The average molecular weight is 284 g/mol. The van der Waals surface area contributed by atoms with E-state index in [1.54, 1.807) is 4.90 Å². The Hall–Kier alpha value is -1.26. The van der Waals surface area contributed by atoms with Gasteiger partial charge in [0.2, 0.25) is 5.91 Å². The topological polar surface area (TPSA) is 58.6 Å². The number of rotatable bonds is 3. The Labute approximate surface area is 122 Å². The Morgan fingerprint density at radius 3 is 2.45 bits per heavy atom. The summed E-state index contributed by atoms with van der Waals surface area (Å²) in [5.74, 6) is 0.461. The molecular weight excluding hydrogens is 256 g/mol. The lowest BCUT2D eigenvalue weighted by molar-refractivity contribution is -0.129. The van der Waals surface area contributed by atoms with E-state index in [1.165, 1.54) is 7.11 Å². The Bertz CT molecular complexity index is 350. The van der Waals surface area contributed by atoms with Crippen molar-refractivity contribution in [1.29, 1.82) is 0 Å². The van der Waals surface area contributed by atoms with Gasteiger partial charge in [-0.3, -0.25) is 4.79 Å². The average Bonchev–Trinajstić information content (AvgIpc) is 2.36. The number of carbonyl (C=O) groups is 2. The minimum Gasteiger partial charge on any atom is -0.453 e. The maximum atomic E-state index is 12.1. The van der Waals surface area contributed by atoms with Gasteiger partial charge in [0.25, 0.3) is 0 Å². The molecule has 1 fully saturated rings. The van der Waals surface area contributed by atoms with Crippen LogP contribution in [0.25, 0.3) is 0 Å². The predicted octanol–water partition coefficient (Wildman–Crippen LogP) is 2.41. The fraction of sp³-hybridized carbons (Fsp3) is 0.867. The van der Waals surface area contributed by atoms with E-state index in [4.69, 9.17) is 4.74 Å². The maximum Gasteiger partial charge on any atom is 0.409 e. The Kier molecular flexibility index (Phi) is 5.84. The van der Waals surface area contributed by atoms with E-state index in [9.17, 15) is 9.59 Å². The van der Waals surface area contributed by atoms with Gasteiger partial charge < -0.3 is 15.0 Å². The zero-order valence-corrected chi connectivity index (χ0v) is 13.4. The normalized spacial score (nSPS) is 23.4. The van der Waals surface area contributed by atoms with Crippen LogP contribution in [0.5, 0.6) is 0 Å². The lowest BCUT2D eigenvalue weighted by Gasteiger charge is -2.38. The number of hydrogen-bond acceptors (Lipinski definition) is 3. The first-order valence-corrected chi connectivity index (χ1v) is 7.41. The minimum atomic E-state index is -0.409. The highest BCUT2D eigenvalue weighted by molar-refractivity contribution is 5.81. The Morgan fingerprint density at radius 2 is 1.95 bits per heavy atom. The summed E-state index contributed by atoms with van der Waals surface area (Å²) in [6.45, 7) is 9.09. The first-order valence-electron chi connectivity index (χ1n) is 7.41. The number of ether oxygens (including phenoxy) is 1. The largest absolute Gasteiger partial charge is 0.453 e. The molecule has 2 amide bonds. The van der Waals surface area contributed by atoms with Gasteiger partial charge in [-0.25, -0.2) is 4.79 Å². The van der Waals surface area contributed by atoms with Crippen LogP contribution in [0.2, 0.25) is 0 Å². The monoisotopic (exact) mass is 284 g/mol. The highest BCUT2D eigenvalue weighted by Gasteiger charge is 2.32. The van der Waals surface area contributed by atoms with E-state index < -0.39 is 5.41 Å². The first kappa shape index (κ1) is 16.8. The third-order valence-electron chi connectivity index (χ3n) is 3.68. The quantitative estimate of drug-likeness (QED) is 0.865.